The Bertz CT molecular complexity index is 209. The minimum Gasteiger partial charge on any atom is -0.480 e. The molecule has 4 nitrogen and oxygen atoms in total. The highest BCUT2D eigenvalue weighted by Gasteiger charge is 2.29. The van der Waals surface area contributed by atoms with Crippen LogP contribution >= 0.6 is 0 Å². The third-order valence-corrected chi connectivity index (χ3v) is 1.79. The molecule has 0 saturated carbocycles. The molecule has 4 heteroatoms. The highest BCUT2D eigenvalue weighted by Crippen LogP contribution is 2.09. The number of hydrogen-bond donors (Lipinski definition) is 2. The van der Waals surface area contributed by atoms with E-state index in [2.05, 4.69) is 11.2 Å². The van der Waals surface area contributed by atoms with Gasteiger partial charge in [-0.15, -0.1) is 6.42 Å². The molecule has 0 aliphatic carbocycles. The quantitative estimate of drug-likeness (QED) is 0.557. The topological polar surface area (TPSA) is 58.6 Å². The summed E-state index contributed by atoms with van der Waals surface area (Å²) in [6, 6.07) is -0.479. The van der Waals surface area contributed by atoms with Gasteiger partial charge in [-0.1, -0.05) is 5.92 Å². The predicted octanol–water partition coefficient (Wildman–Crippen LogP) is -0.549. The van der Waals surface area contributed by atoms with Gasteiger partial charge in [0, 0.05) is 13.0 Å². The molecule has 1 heterocycles. The average molecular weight is 169 g/mol. The lowest BCUT2D eigenvalue weighted by atomic mass is 10.2. The number of hydrogen-bond acceptors (Lipinski definition) is 3. The Morgan fingerprint density at radius 1 is 1.83 bits per heavy atom. The van der Waals surface area contributed by atoms with Crippen LogP contribution in [-0.2, 0) is 9.53 Å². The second-order valence-corrected chi connectivity index (χ2v) is 2.67. The predicted molar refractivity (Wildman–Crippen MR) is 42.6 cm³/mol. The summed E-state index contributed by atoms with van der Waals surface area (Å²) in [5.74, 6) is 1.51. The van der Waals surface area contributed by atoms with Crippen molar-refractivity contribution in [3.8, 4) is 12.3 Å². The number of carbonyl (C=O) groups is 1. The third-order valence-electron chi connectivity index (χ3n) is 1.79. The first kappa shape index (κ1) is 9.04. The summed E-state index contributed by atoms with van der Waals surface area (Å²) in [6.07, 6.45) is 5.43. The maximum Gasteiger partial charge on any atom is 0.320 e. The minimum atomic E-state index is -0.832. The zero-order valence-corrected chi connectivity index (χ0v) is 6.62. The fourth-order valence-corrected chi connectivity index (χ4v) is 1.18. The highest BCUT2D eigenvalue weighted by atomic mass is 16.5. The first-order chi connectivity index (χ1) is 5.74. The lowest BCUT2D eigenvalue weighted by molar-refractivity contribution is -0.139. The molecule has 1 aliphatic rings. The van der Waals surface area contributed by atoms with Gasteiger partial charge in [-0.05, 0) is 0 Å². The molecule has 1 aliphatic heterocycles. The van der Waals surface area contributed by atoms with Crippen molar-refractivity contribution >= 4 is 5.97 Å². The summed E-state index contributed by atoms with van der Waals surface area (Å²) in [5.41, 5.74) is 0. The van der Waals surface area contributed by atoms with Crippen LogP contribution in [0.15, 0.2) is 0 Å². The molecular formula is C8H11NO3. The van der Waals surface area contributed by atoms with Gasteiger partial charge in [0.25, 0.3) is 0 Å². The molecule has 0 aromatic rings. The van der Waals surface area contributed by atoms with Crippen LogP contribution in [0.2, 0.25) is 0 Å². The molecule has 0 aromatic heterocycles. The van der Waals surface area contributed by atoms with Crippen molar-refractivity contribution in [1.82, 2.24) is 5.32 Å². The van der Waals surface area contributed by atoms with Gasteiger partial charge in [0.05, 0.1) is 6.10 Å². The van der Waals surface area contributed by atoms with Crippen molar-refractivity contribution in [1.29, 1.82) is 0 Å². The smallest absolute Gasteiger partial charge is 0.320 e. The van der Waals surface area contributed by atoms with E-state index in [9.17, 15) is 4.79 Å². The standard InChI is InChI=1S/C8H11NO3/c1-2-3-12-6-4-7(8(10)11)9-5-6/h1,6-7,9H,3-5H2,(H,10,11)/t6?,7-/m0/s1. The number of nitrogens with one attached hydrogen (secondary N) is 1. The van der Waals surface area contributed by atoms with Gasteiger partial charge in [0.1, 0.15) is 12.6 Å². The van der Waals surface area contributed by atoms with Crippen molar-refractivity contribution in [2.45, 2.75) is 18.6 Å². The largest absolute Gasteiger partial charge is 0.480 e. The fourth-order valence-electron chi connectivity index (χ4n) is 1.18. The molecule has 1 rings (SSSR count). The van der Waals surface area contributed by atoms with Crippen molar-refractivity contribution in [2.24, 2.45) is 0 Å². The lowest BCUT2D eigenvalue weighted by Crippen LogP contribution is -2.29. The van der Waals surface area contributed by atoms with E-state index in [1.54, 1.807) is 0 Å². The van der Waals surface area contributed by atoms with Crippen LogP contribution in [-0.4, -0.2) is 36.4 Å². The SMILES string of the molecule is C#CCOC1CN[C@H](C(=O)O)C1. The Morgan fingerprint density at radius 2 is 2.58 bits per heavy atom. The fraction of sp³-hybridized carbons (Fsp3) is 0.625. The van der Waals surface area contributed by atoms with Gasteiger partial charge in [-0.2, -0.15) is 0 Å². The van der Waals surface area contributed by atoms with Crippen molar-refractivity contribution < 1.29 is 14.6 Å². The monoisotopic (exact) mass is 169 g/mol. The maximum atomic E-state index is 10.5. The first-order valence-electron chi connectivity index (χ1n) is 3.75. The Balaban J connectivity index is 2.27. The summed E-state index contributed by atoms with van der Waals surface area (Å²) in [4.78, 5) is 10.5. The normalized spacial score (nSPS) is 28.2. The molecule has 12 heavy (non-hydrogen) atoms. The number of carboxylic acid groups (broad SMARTS) is 1. The zero-order valence-electron chi connectivity index (χ0n) is 6.62. The van der Waals surface area contributed by atoms with Crippen LogP contribution in [0, 0.1) is 12.3 Å². The molecule has 1 fully saturated rings. The van der Waals surface area contributed by atoms with E-state index in [1.165, 1.54) is 0 Å². The van der Waals surface area contributed by atoms with Crippen molar-refractivity contribution in [2.75, 3.05) is 13.2 Å². The zero-order chi connectivity index (χ0) is 8.97. The van der Waals surface area contributed by atoms with E-state index in [0.29, 0.717) is 13.0 Å². The molecule has 0 radical (unpaired) electrons. The first-order valence-corrected chi connectivity index (χ1v) is 3.75. The van der Waals surface area contributed by atoms with Crippen molar-refractivity contribution in [3.63, 3.8) is 0 Å². The van der Waals surface area contributed by atoms with E-state index in [0.717, 1.165) is 0 Å². The lowest BCUT2D eigenvalue weighted by Gasteiger charge is -2.06. The summed E-state index contributed by atoms with van der Waals surface area (Å²) in [6.45, 7) is 0.817. The Labute approximate surface area is 70.9 Å². The molecule has 1 saturated heterocycles. The number of ether oxygens (including phenoxy) is 1. The second-order valence-electron chi connectivity index (χ2n) is 2.67. The van der Waals surface area contributed by atoms with E-state index < -0.39 is 12.0 Å². The van der Waals surface area contributed by atoms with Gasteiger partial charge < -0.3 is 15.2 Å². The van der Waals surface area contributed by atoms with Crippen LogP contribution in [0.3, 0.4) is 0 Å². The Hall–Kier alpha value is -1.05. The molecule has 1 unspecified atom stereocenters. The molecule has 2 N–H and O–H groups in total. The maximum absolute atomic E-state index is 10.5. The number of rotatable bonds is 3. The minimum absolute atomic E-state index is 0.0536. The highest BCUT2D eigenvalue weighted by molar-refractivity contribution is 5.73. The number of carboxylic acids is 1. The average Bonchev–Trinajstić information content (AvgIpc) is 2.48. The molecule has 2 atom stereocenters. The van der Waals surface area contributed by atoms with Crippen molar-refractivity contribution in [3.05, 3.63) is 0 Å². The van der Waals surface area contributed by atoms with E-state index in [4.69, 9.17) is 16.3 Å². The Kier molecular flexibility index (Phi) is 3.09. The number of aliphatic carboxylic acids is 1. The van der Waals surface area contributed by atoms with Crippen LogP contribution in [0.25, 0.3) is 0 Å². The molecule has 0 amide bonds. The summed E-state index contributed by atoms with van der Waals surface area (Å²) in [5, 5.41) is 11.4. The summed E-state index contributed by atoms with van der Waals surface area (Å²) >= 11 is 0. The molecule has 0 bridgehead atoms. The van der Waals surface area contributed by atoms with E-state index in [-0.39, 0.29) is 12.7 Å². The van der Waals surface area contributed by atoms with E-state index >= 15 is 0 Å². The van der Waals surface area contributed by atoms with Gasteiger partial charge >= 0.3 is 5.97 Å². The summed E-state index contributed by atoms with van der Waals surface area (Å²) in [7, 11) is 0. The van der Waals surface area contributed by atoms with Gasteiger partial charge in [0.15, 0.2) is 0 Å². The summed E-state index contributed by atoms with van der Waals surface area (Å²) < 4.78 is 5.17. The van der Waals surface area contributed by atoms with Crippen LogP contribution in [0.4, 0.5) is 0 Å². The molecule has 0 spiro atoms. The van der Waals surface area contributed by atoms with Gasteiger partial charge in [0.2, 0.25) is 0 Å². The molecule has 0 aromatic carbocycles. The van der Waals surface area contributed by atoms with Gasteiger partial charge in [-0.3, -0.25) is 4.79 Å². The molecular weight excluding hydrogens is 158 g/mol. The van der Waals surface area contributed by atoms with E-state index in [1.807, 2.05) is 0 Å². The van der Waals surface area contributed by atoms with Gasteiger partial charge in [-0.25, -0.2) is 0 Å². The third kappa shape index (κ3) is 2.22. The second kappa shape index (κ2) is 4.10. The van der Waals surface area contributed by atoms with Crippen LogP contribution in [0.1, 0.15) is 6.42 Å². The van der Waals surface area contributed by atoms with Crippen LogP contribution < -0.4 is 5.32 Å². The van der Waals surface area contributed by atoms with Crippen LogP contribution in [0.5, 0.6) is 0 Å². The molecule has 66 valence electrons. The number of terminal acetylenes is 1. The Morgan fingerprint density at radius 3 is 3.08 bits per heavy atom.